The van der Waals surface area contributed by atoms with Crippen LogP contribution in [0.4, 0.5) is 17.1 Å². The summed E-state index contributed by atoms with van der Waals surface area (Å²) in [5.41, 5.74) is 8.22. The topological polar surface area (TPSA) is 62.4 Å². The third kappa shape index (κ3) is 6.01. The van der Waals surface area contributed by atoms with E-state index in [9.17, 15) is 4.79 Å². The Balaban J connectivity index is 1.25. The predicted molar refractivity (Wildman–Crippen MR) is 151 cm³/mol. The van der Waals surface area contributed by atoms with Crippen molar-refractivity contribution in [3.05, 3.63) is 114 Å². The highest BCUT2D eigenvalue weighted by atomic mass is 16.6. The number of benzene rings is 4. The Labute approximate surface area is 218 Å². The lowest BCUT2D eigenvalue weighted by molar-refractivity contribution is -0.157. The van der Waals surface area contributed by atoms with Gasteiger partial charge in [-0.05, 0) is 72.9 Å². The maximum Gasteiger partial charge on any atom is 0.328 e. The summed E-state index contributed by atoms with van der Waals surface area (Å²) in [6, 6.07) is 33.0. The fourth-order valence-electron chi connectivity index (χ4n) is 4.56. The second-order valence-electron chi connectivity index (χ2n) is 10.3. The van der Waals surface area contributed by atoms with Gasteiger partial charge in [0, 0.05) is 18.8 Å². The van der Waals surface area contributed by atoms with E-state index in [1.807, 2.05) is 51.1 Å². The van der Waals surface area contributed by atoms with Crippen LogP contribution in [0.2, 0.25) is 0 Å². The van der Waals surface area contributed by atoms with Crippen LogP contribution in [0.25, 0.3) is 11.1 Å². The summed E-state index contributed by atoms with van der Waals surface area (Å²) in [5.74, 6) is -0.238. The Kier molecular flexibility index (Phi) is 6.97. The van der Waals surface area contributed by atoms with Crippen LogP contribution < -0.4 is 16.0 Å². The number of fused-ring (bicyclic) bond motifs is 1. The first-order valence-corrected chi connectivity index (χ1v) is 12.7. The fraction of sp³-hybridized carbons (Fsp3) is 0.219. The largest absolute Gasteiger partial charge is 0.459 e. The number of esters is 1. The van der Waals surface area contributed by atoms with Crippen molar-refractivity contribution in [1.82, 2.24) is 5.32 Å². The molecule has 0 aliphatic carbocycles. The van der Waals surface area contributed by atoms with Crippen LogP contribution >= 0.6 is 0 Å². The van der Waals surface area contributed by atoms with Gasteiger partial charge < -0.3 is 15.4 Å². The number of nitrogens with one attached hydrogen (secondary N) is 3. The number of hydrogen-bond donors (Lipinski definition) is 3. The lowest BCUT2D eigenvalue weighted by atomic mass is 10.0. The Morgan fingerprint density at radius 3 is 2.27 bits per heavy atom. The summed E-state index contributed by atoms with van der Waals surface area (Å²) in [6.45, 7) is 7.02. The van der Waals surface area contributed by atoms with Crippen molar-refractivity contribution in [3.63, 3.8) is 0 Å². The van der Waals surface area contributed by atoms with Gasteiger partial charge in [-0.25, -0.2) is 4.79 Å². The number of rotatable bonds is 7. The van der Waals surface area contributed by atoms with Crippen LogP contribution in [-0.2, 0) is 22.6 Å². The molecule has 188 valence electrons. The van der Waals surface area contributed by atoms with E-state index in [2.05, 4.69) is 82.7 Å². The second-order valence-corrected chi connectivity index (χ2v) is 10.3. The maximum absolute atomic E-state index is 12.6. The van der Waals surface area contributed by atoms with Crippen molar-refractivity contribution in [3.8, 4) is 11.1 Å². The van der Waals surface area contributed by atoms with Gasteiger partial charge in [0.25, 0.3) is 0 Å². The summed E-state index contributed by atoms with van der Waals surface area (Å²) in [4.78, 5) is 12.6. The van der Waals surface area contributed by atoms with E-state index >= 15 is 0 Å². The van der Waals surface area contributed by atoms with Gasteiger partial charge in [0.1, 0.15) is 11.6 Å². The van der Waals surface area contributed by atoms with Crippen LogP contribution in [0.5, 0.6) is 0 Å². The molecule has 37 heavy (non-hydrogen) atoms. The van der Waals surface area contributed by atoms with Crippen LogP contribution in [0, 0.1) is 0 Å². The minimum atomic E-state index is -0.510. The number of carbonyl (C=O) groups excluding carboxylic acids is 1. The van der Waals surface area contributed by atoms with Gasteiger partial charge >= 0.3 is 5.97 Å². The normalized spacial score (nSPS) is 14.6. The molecule has 4 aromatic rings. The molecular formula is C32H33N3O2. The fourth-order valence-corrected chi connectivity index (χ4v) is 4.56. The van der Waals surface area contributed by atoms with E-state index in [1.165, 1.54) is 16.7 Å². The first kappa shape index (κ1) is 24.6. The Hall–Kier alpha value is -4.09. The van der Waals surface area contributed by atoms with E-state index in [4.69, 9.17) is 4.74 Å². The highest BCUT2D eigenvalue weighted by molar-refractivity contribution is 5.81. The SMILES string of the molecule is CC(C)(C)OC(=O)C1NCc2cc(Nc3ccccc3NCc3ccc(-c4ccccc4)cc3)ccc21. The van der Waals surface area contributed by atoms with Crippen molar-refractivity contribution < 1.29 is 9.53 Å². The zero-order valence-electron chi connectivity index (χ0n) is 21.5. The molecule has 0 amide bonds. The Bertz CT molecular complexity index is 1380. The zero-order valence-corrected chi connectivity index (χ0v) is 21.5. The van der Waals surface area contributed by atoms with Gasteiger partial charge in [0.05, 0.1) is 11.4 Å². The summed E-state index contributed by atoms with van der Waals surface area (Å²) in [5, 5.41) is 10.4. The number of para-hydroxylation sites is 2. The van der Waals surface area contributed by atoms with Gasteiger partial charge in [0.15, 0.2) is 0 Å². The van der Waals surface area contributed by atoms with Gasteiger partial charge in [-0.2, -0.15) is 0 Å². The van der Waals surface area contributed by atoms with Crippen molar-refractivity contribution in [2.45, 2.75) is 45.5 Å². The molecule has 0 radical (unpaired) electrons. The molecule has 0 saturated heterocycles. The average molecular weight is 492 g/mol. The Morgan fingerprint density at radius 1 is 0.865 bits per heavy atom. The molecule has 1 unspecified atom stereocenters. The molecule has 1 aliphatic rings. The van der Waals surface area contributed by atoms with Crippen LogP contribution in [0.3, 0.4) is 0 Å². The number of ether oxygens (including phenoxy) is 1. The molecule has 5 heteroatoms. The minimum absolute atomic E-state index is 0.238. The number of hydrogen-bond acceptors (Lipinski definition) is 5. The van der Waals surface area contributed by atoms with Crippen molar-refractivity contribution >= 4 is 23.0 Å². The first-order valence-electron chi connectivity index (χ1n) is 12.7. The van der Waals surface area contributed by atoms with E-state index in [1.54, 1.807) is 0 Å². The lowest BCUT2D eigenvalue weighted by Crippen LogP contribution is -2.31. The lowest BCUT2D eigenvalue weighted by Gasteiger charge is -2.22. The van der Waals surface area contributed by atoms with Gasteiger partial charge in [0.2, 0.25) is 0 Å². The number of carbonyl (C=O) groups is 1. The van der Waals surface area contributed by atoms with Crippen LogP contribution in [0.15, 0.2) is 97.1 Å². The predicted octanol–water partition coefficient (Wildman–Crippen LogP) is 7.20. The van der Waals surface area contributed by atoms with E-state index in [0.717, 1.165) is 34.7 Å². The zero-order chi connectivity index (χ0) is 25.8. The first-order chi connectivity index (χ1) is 17.9. The average Bonchev–Trinajstić information content (AvgIpc) is 3.32. The standard InChI is InChI=1S/C32H33N3O2/c1-32(2,3)37-31(36)30-27-18-17-26(19-25(27)21-34-30)35-29-12-8-7-11-28(29)33-20-22-13-15-24(16-14-22)23-9-5-4-6-10-23/h4-19,30,33-35H,20-21H2,1-3H3. The van der Waals surface area contributed by atoms with Gasteiger partial charge in [-0.15, -0.1) is 0 Å². The highest BCUT2D eigenvalue weighted by Gasteiger charge is 2.32. The summed E-state index contributed by atoms with van der Waals surface area (Å²) < 4.78 is 5.59. The number of anilines is 3. The summed E-state index contributed by atoms with van der Waals surface area (Å²) >= 11 is 0. The maximum atomic E-state index is 12.6. The molecule has 3 N–H and O–H groups in total. The minimum Gasteiger partial charge on any atom is -0.459 e. The van der Waals surface area contributed by atoms with Crippen LogP contribution in [-0.4, -0.2) is 11.6 Å². The van der Waals surface area contributed by atoms with E-state index in [0.29, 0.717) is 6.54 Å². The third-order valence-electron chi connectivity index (χ3n) is 6.34. The second kappa shape index (κ2) is 10.5. The molecular weight excluding hydrogens is 458 g/mol. The van der Waals surface area contributed by atoms with Crippen molar-refractivity contribution in [2.24, 2.45) is 0 Å². The smallest absolute Gasteiger partial charge is 0.328 e. The third-order valence-corrected chi connectivity index (χ3v) is 6.34. The summed E-state index contributed by atoms with van der Waals surface area (Å²) in [7, 11) is 0. The van der Waals surface area contributed by atoms with Gasteiger partial charge in [-0.3, -0.25) is 5.32 Å². The molecule has 4 aromatic carbocycles. The summed E-state index contributed by atoms with van der Waals surface area (Å²) in [6.07, 6.45) is 0. The van der Waals surface area contributed by atoms with Crippen molar-refractivity contribution in [2.75, 3.05) is 10.6 Å². The quantitative estimate of drug-likeness (QED) is 0.239. The molecule has 0 bridgehead atoms. The van der Waals surface area contributed by atoms with Gasteiger partial charge in [-0.1, -0.05) is 72.8 Å². The molecule has 0 spiro atoms. The molecule has 1 heterocycles. The molecule has 1 aliphatic heterocycles. The molecule has 0 aromatic heterocycles. The molecule has 5 nitrogen and oxygen atoms in total. The van der Waals surface area contributed by atoms with E-state index < -0.39 is 11.6 Å². The monoisotopic (exact) mass is 491 g/mol. The van der Waals surface area contributed by atoms with Crippen LogP contribution in [0.1, 0.15) is 43.5 Å². The van der Waals surface area contributed by atoms with Crippen molar-refractivity contribution in [1.29, 1.82) is 0 Å². The molecule has 0 fully saturated rings. The Morgan fingerprint density at radius 2 is 1.54 bits per heavy atom. The molecule has 0 saturated carbocycles. The molecule has 5 rings (SSSR count). The molecule has 1 atom stereocenters. The van der Waals surface area contributed by atoms with E-state index in [-0.39, 0.29) is 5.97 Å². The highest BCUT2D eigenvalue weighted by Crippen LogP contribution is 2.32.